The highest BCUT2D eigenvalue weighted by Crippen LogP contribution is 2.40. The van der Waals surface area contributed by atoms with Gasteiger partial charge in [0.15, 0.2) is 0 Å². The van der Waals surface area contributed by atoms with Gasteiger partial charge in [-0.25, -0.2) is 9.59 Å². The molecule has 0 bridgehead atoms. The number of H-pyrrole nitrogens is 1. The van der Waals surface area contributed by atoms with E-state index in [0.717, 1.165) is 23.4 Å². The number of hydrogen-bond donors (Lipinski definition) is 3. The number of aromatic amines is 1. The maximum absolute atomic E-state index is 11.9. The molecule has 6 heteroatoms. The predicted molar refractivity (Wildman–Crippen MR) is 92.6 cm³/mol. The Bertz CT molecular complexity index is 1040. The summed E-state index contributed by atoms with van der Waals surface area (Å²) in [6, 6.07) is 5.84. The summed E-state index contributed by atoms with van der Waals surface area (Å²) in [6.07, 6.45) is 3.47. The lowest BCUT2D eigenvalue weighted by Gasteiger charge is -2.26. The Hall–Kier alpha value is -3.02. The van der Waals surface area contributed by atoms with E-state index in [1.165, 1.54) is 0 Å². The molecule has 25 heavy (non-hydrogen) atoms. The van der Waals surface area contributed by atoms with E-state index >= 15 is 0 Å². The summed E-state index contributed by atoms with van der Waals surface area (Å²) in [5.74, 6) is -2.42. The number of carboxylic acids is 2. The number of carboxylic acid groups (broad SMARTS) is 2. The van der Waals surface area contributed by atoms with E-state index in [2.05, 4.69) is 16.5 Å². The van der Waals surface area contributed by atoms with Gasteiger partial charge < -0.3 is 19.8 Å². The van der Waals surface area contributed by atoms with Gasteiger partial charge in [-0.05, 0) is 42.7 Å². The van der Waals surface area contributed by atoms with E-state index in [0.29, 0.717) is 22.9 Å². The van der Waals surface area contributed by atoms with E-state index < -0.39 is 11.9 Å². The summed E-state index contributed by atoms with van der Waals surface area (Å²) in [7, 11) is 0. The first-order chi connectivity index (χ1) is 11.9. The number of nitrogens with zero attached hydrogens (tertiary/aromatic N) is 1. The van der Waals surface area contributed by atoms with Crippen LogP contribution in [0.15, 0.2) is 24.4 Å². The van der Waals surface area contributed by atoms with Crippen molar-refractivity contribution in [3.05, 3.63) is 58.0 Å². The summed E-state index contributed by atoms with van der Waals surface area (Å²) in [5.41, 5.74) is 3.87. The second kappa shape index (κ2) is 5.24. The van der Waals surface area contributed by atoms with Crippen molar-refractivity contribution >= 4 is 22.8 Å². The van der Waals surface area contributed by atoms with Crippen molar-refractivity contribution in [1.82, 2.24) is 9.55 Å². The van der Waals surface area contributed by atoms with Crippen LogP contribution in [0.1, 0.15) is 62.6 Å². The van der Waals surface area contributed by atoms with Crippen molar-refractivity contribution in [2.75, 3.05) is 0 Å². The third-order valence-electron chi connectivity index (χ3n) is 5.13. The summed E-state index contributed by atoms with van der Waals surface area (Å²) in [6.45, 7) is 3.72. The van der Waals surface area contributed by atoms with Crippen LogP contribution in [0.3, 0.4) is 0 Å². The zero-order valence-electron chi connectivity index (χ0n) is 14.0. The van der Waals surface area contributed by atoms with Crippen LogP contribution in [0.5, 0.6) is 0 Å². The SMILES string of the molecule is CCC1c2[nH]c3cc(C)c(C(=O)O)c(C(=O)O)c3c2Cc2cccn21. The topological polar surface area (TPSA) is 95.3 Å². The minimum absolute atomic E-state index is 0.0939. The molecule has 1 aromatic carbocycles. The Labute approximate surface area is 143 Å². The summed E-state index contributed by atoms with van der Waals surface area (Å²) in [5, 5.41) is 19.8. The number of rotatable bonds is 3. The first-order valence-corrected chi connectivity index (χ1v) is 8.24. The van der Waals surface area contributed by atoms with Crippen LogP contribution >= 0.6 is 0 Å². The second-order valence-corrected chi connectivity index (χ2v) is 6.50. The van der Waals surface area contributed by atoms with E-state index in [1.807, 2.05) is 18.3 Å². The standard InChI is InChI=1S/C19H18N2O4/c1-3-13-17-11(8-10-5-4-6-21(10)13)15-12(20-17)7-9(2)14(18(22)23)16(15)19(24)25/h4-7,13,20H,3,8H2,1-2H3,(H,22,23)(H,24,25). The summed E-state index contributed by atoms with van der Waals surface area (Å²) in [4.78, 5) is 27.0. The highest BCUT2D eigenvalue weighted by atomic mass is 16.4. The lowest BCUT2D eigenvalue weighted by atomic mass is 9.91. The van der Waals surface area contributed by atoms with Gasteiger partial charge in [0.1, 0.15) is 0 Å². The molecule has 4 rings (SSSR count). The van der Waals surface area contributed by atoms with Gasteiger partial charge in [0, 0.05) is 34.9 Å². The van der Waals surface area contributed by atoms with E-state index in [-0.39, 0.29) is 17.2 Å². The fourth-order valence-electron chi connectivity index (χ4n) is 4.15. The van der Waals surface area contributed by atoms with Crippen LogP contribution in [-0.4, -0.2) is 31.7 Å². The molecule has 1 atom stereocenters. The molecule has 0 amide bonds. The van der Waals surface area contributed by atoms with E-state index in [1.54, 1.807) is 13.0 Å². The van der Waals surface area contributed by atoms with Gasteiger partial charge >= 0.3 is 11.9 Å². The number of hydrogen-bond acceptors (Lipinski definition) is 2. The molecule has 0 fully saturated rings. The number of aromatic nitrogens is 2. The number of carbonyl (C=O) groups is 2. The van der Waals surface area contributed by atoms with Crippen LogP contribution in [0, 0.1) is 6.92 Å². The molecular formula is C19H18N2O4. The smallest absolute Gasteiger partial charge is 0.337 e. The molecule has 1 unspecified atom stereocenters. The molecule has 128 valence electrons. The van der Waals surface area contributed by atoms with Crippen molar-refractivity contribution in [3.63, 3.8) is 0 Å². The normalized spacial score (nSPS) is 15.8. The number of nitrogens with one attached hydrogen (secondary N) is 1. The van der Waals surface area contributed by atoms with Gasteiger partial charge in [0.25, 0.3) is 0 Å². The fourth-order valence-corrected chi connectivity index (χ4v) is 4.15. The predicted octanol–water partition coefficient (Wildman–Crippen LogP) is 3.58. The Kier molecular flexibility index (Phi) is 3.25. The molecule has 1 aliphatic heterocycles. The Morgan fingerprint density at radius 1 is 1.28 bits per heavy atom. The molecule has 0 saturated carbocycles. The summed E-state index contributed by atoms with van der Waals surface area (Å²) >= 11 is 0. The average Bonchev–Trinajstić information content (AvgIpc) is 3.14. The molecule has 0 aliphatic carbocycles. The minimum Gasteiger partial charge on any atom is -0.478 e. The maximum atomic E-state index is 11.9. The lowest BCUT2D eigenvalue weighted by Crippen LogP contribution is -2.19. The molecule has 0 spiro atoms. The van der Waals surface area contributed by atoms with Gasteiger partial charge in [-0.3, -0.25) is 0 Å². The quantitative estimate of drug-likeness (QED) is 0.680. The zero-order valence-corrected chi connectivity index (χ0v) is 14.0. The fraction of sp³-hybridized carbons (Fsp3) is 0.263. The molecule has 6 nitrogen and oxygen atoms in total. The maximum Gasteiger partial charge on any atom is 0.337 e. The Morgan fingerprint density at radius 2 is 2.00 bits per heavy atom. The highest BCUT2D eigenvalue weighted by molar-refractivity contribution is 6.13. The van der Waals surface area contributed by atoms with Crippen LogP contribution in [0.25, 0.3) is 10.9 Å². The zero-order chi connectivity index (χ0) is 17.9. The lowest BCUT2D eigenvalue weighted by molar-refractivity contribution is 0.0652. The third kappa shape index (κ3) is 2.03. The van der Waals surface area contributed by atoms with Crippen LogP contribution in [-0.2, 0) is 6.42 Å². The highest BCUT2D eigenvalue weighted by Gasteiger charge is 2.31. The Morgan fingerprint density at radius 3 is 2.64 bits per heavy atom. The van der Waals surface area contributed by atoms with Crippen LogP contribution in [0.2, 0.25) is 0 Å². The van der Waals surface area contributed by atoms with Crippen molar-refractivity contribution in [3.8, 4) is 0 Å². The first kappa shape index (κ1) is 15.5. The van der Waals surface area contributed by atoms with Crippen molar-refractivity contribution in [2.24, 2.45) is 0 Å². The summed E-state index contributed by atoms with van der Waals surface area (Å²) < 4.78 is 2.20. The van der Waals surface area contributed by atoms with E-state index in [9.17, 15) is 19.8 Å². The molecular weight excluding hydrogens is 320 g/mol. The van der Waals surface area contributed by atoms with Gasteiger partial charge in [-0.2, -0.15) is 0 Å². The molecule has 2 aromatic heterocycles. The van der Waals surface area contributed by atoms with Gasteiger partial charge in [0.05, 0.1) is 17.2 Å². The monoisotopic (exact) mass is 338 g/mol. The molecule has 0 saturated heterocycles. The molecule has 3 N–H and O–H groups in total. The van der Waals surface area contributed by atoms with Gasteiger partial charge in [0.2, 0.25) is 0 Å². The largest absolute Gasteiger partial charge is 0.478 e. The van der Waals surface area contributed by atoms with Crippen molar-refractivity contribution in [2.45, 2.75) is 32.7 Å². The number of fused-ring (bicyclic) bond motifs is 4. The van der Waals surface area contributed by atoms with Crippen molar-refractivity contribution in [1.29, 1.82) is 0 Å². The number of aromatic carboxylic acids is 2. The van der Waals surface area contributed by atoms with Gasteiger partial charge in [-0.1, -0.05) is 6.92 Å². The average molecular weight is 338 g/mol. The molecule has 3 heterocycles. The van der Waals surface area contributed by atoms with Crippen LogP contribution < -0.4 is 0 Å². The van der Waals surface area contributed by atoms with Crippen molar-refractivity contribution < 1.29 is 19.8 Å². The first-order valence-electron chi connectivity index (χ1n) is 8.24. The third-order valence-corrected chi connectivity index (χ3v) is 5.13. The van der Waals surface area contributed by atoms with Crippen LogP contribution in [0.4, 0.5) is 0 Å². The Balaban J connectivity index is 2.11. The molecule has 0 radical (unpaired) electrons. The minimum atomic E-state index is -1.21. The number of aryl methyl sites for hydroxylation is 1. The number of benzene rings is 1. The molecule has 3 aromatic rings. The van der Waals surface area contributed by atoms with Gasteiger partial charge in [-0.15, -0.1) is 0 Å². The van der Waals surface area contributed by atoms with E-state index in [4.69, 9.17) is 0 Å². The molecule has 1 aliphatic rings. The second-order valence-electron chi connectivity index (χ2n) is 6.50.